The van der Waals surface area contributed by atoms with Crippen LogP contribution in [0.5, 0.6) is 0 Å². The minimum absolute atomic E-state index is 0.224. The lowest BCUT2D eigenvalue weighted by Gasteiger charge is -2.31. The Morgan fingerprint density at radius 1 is 1.19 bits per heavy atom. The number of hydrogen-bond donors (Lipinski definition) is 2. The molecule has 7 nitrogen and oxygen atoms in total. The Morgan fingerprint density at radius 3 is 2.63 bits per heavy atom. The summed E-state index contributed by atoms with van der Waals surface area (Å²) in [5, 5.41) is 6.82. The first-order valence-corrected chi connectivity index (χ1v) is 9.41. The lowest BCUT2D eigenvalue weighted by atomic mass is 10.1. The lowest BCUT2D eigenvalue weighted by molar-refractivity contribution is 0.0983. The van der Waals surface area contributed by atoms with Gasteiger partial charge in [-0.15, -0.1) is 0 Å². The highest BCUT2D eigenvalue weighted by Crippen LogP contribution is 2.21. The number of piperidine rings is 1. The lowest BCUT2D eigenvalue weighted by Crippen LogP contribution is -2.42. The van der Waals surface area contributed by atoms with Gasteiger partial charge in [0.2, 0.25) is 0 Å². The van der Waals surface area contributed by atoms with Crippen LogP contribution in [0.15, 0.2) is 30.3 Å². The van der Waals surface area contributed by atoms with Crippen molar-refractivity contribution in [2.45, 2.75) is 39.7 Å². The average Bonchev–Trinajstić information content (AvgIpc) is 2.62. The molecule has 0 spiro atoms. The van der Waals surface area contributed by atoms with Crippen molar-refractivity contribution >= 4 is 23.4 Å². The van der Waals surface area contributed by atoms with Crippen molar-refractivity contribution in [1.29, 1.82) is 0 Å². The minimum atomic E-state index is -0.224. The standard InChI is InChI=1S/C20H27N5O2/c1-4-27-20(26)25-10-8-16(9-11-25)23-18-13-19(22-15(3)21-18)24-17-7-5-6-14(2)12-17/h5-7,12-13,16H,4,8-11H2,1-3H3,(H2,21,22,23,24). The third kappa shape index (κ3) is 5.32. The smallest absolute Gasteiger partial charge is 0.409 e. The Labute approximate surface area is 160 Å². The predicted molar refractivity (Wildman–Crippen MR) is 106 cm³/mol. The van der Waals surface area contributed by atoms with Gasteiger partial charge in [-0.25, -0.2) is 14.8 Å². The molecule has 1 amide bonds. The molecule has 0 radical (unpaired) electrons. The number of nitrogens with one attached hydrogen (secondary N) is 2. The van der Waals surface area contributed by atoms with Gasteiger partial charge in [0, 0.05) is 30.9 Å². The number of aryl methyl sites for hydroxylation is 2. The van der Waals surface area contributed by atoms with Crippen molar-refractivity contribution in [3.8, 4) is 0 Å². The summed E-state index contributed by atoms with van der Waals surface area (Å²) in [6.45, 7) is 7.56. The van der Waals surface area contributed by atoms with E-state index in [0.717, 1.165) is 30.2 Å². The summed E-state index contributed by atoms with van der Waals surface area (Å²) >= 11 is 0. The molecule has 2 heterocycles. The van der Waals surface area contributed by atoms with E-state index in [-0.39, 0.29) is 12.1 Å². The number of nitrogens with zero attached hydrogens (tertiary/aromatic N) is 3. The van der Waals surface area contributed by atoms with Gasteiger partial charge < -0.3 is 20.3 Å². The van der Waals surface area contributed by atoms with Gasteiger partial charge in [-0.2, -0.15) is 0 Å². The zero-order chi connectivity index (χ0) is 19.2. The van der Waals surface area contributed by atoms with Gasteiger partial charge in [0.25, 0.3) is 0 Å². The molecule has 1 aliphatic heterocycles. The van der Waals surface area contributed by atoms with E-state index in [1.54, 1.807) is 4.90 Å². The molecule has 7 heteroatoms. The van der Waals surface area contributed by atoms with Gasteiger partial charge in [-0.05, 0) is 51.3 Å². The van der Waals surface area contributed by atoms with Crippen molar-refractivity contribution in [3.05, 3.63) is 41.7 Å². The highest BCUT2D eigenvalue weighted by atomic mass is 16.6. The van der Waals surface area contributed by atoms with Gasteiger partial charge in [0.15, 0.2) is 0 Å². The summed E-state index contributed by atoms with van der Waals surface area (Å²) in [5.74, 6) is 2.27. The molecular formula is C20H27N5O2. The van der Waals surface area contributed by atoms with Crippen LogP contribution in [0.1, 0.15) is 31.2 Å². The fraction of sp³-hybridized carbons (Fsp3) is 0.450. The summed E-state index contributed by atoms with van der Waals surface area (Å²) in [6, 6.07) is 10.4. The van der Waals surface area contributed by atoms with Crippen LogP contribution >= 0.6 is 0 Å². The van der Waals surface area contributed by atoms with E-state index in [9.17, 15) is 4.79 Å². The van der Waals surface area contributed by atoms with Crippen LogP contribution in [0, 0.1) is 13.8 Å². The molecule has 2 N–H and O–H groups in total. The van der Waals surface area contributed by atoms with E-state index >= 15 is 0 Å². The second kappa shape index (κ2) is 8.70. The number of carbonyl (C=O) groups excluding carboxylic acids is 1. The zero-order valence-electron chi connectivity index (χ0n) is 16.2. The number of amides is 1. The second-order valence-corrected chi connectivity index (χ2v) is 6.78. The van der Waals surface area contributed by atoms with Gasteiger partial charge in [0.05, 0.1) is 6.61 Å². The Kier molecular flexibility index (Phi) is 6.11. The zero-order valence-corrected chi connectivity index (χ0v) is 16.2. The van der Waals surface area contributed by atoms with E-state index < -0.39 is 0 Å². The number of benzene rings is 1. The van der Waals surface area contributed by atoms with Crippen LogP contribution in [0.25, 0.3) is 0 Å². The molecule has 3 rings (SSSR count). The maximum atomic E-state index is 11.8. The normalized spacial score (nSPS) is 14.7. The molecular weight excluding hydrogens is 342 g/mol. The van der Waals surface area contributed by atoms with Crippen LogP contribution < -0.4 is 10.6 Å². The maximum absolute atomic E-state index is 11.8. The first-order valence-electron chi connectivity index (χ1n) is 9.41. The van der Waals surface area contributed by atoms with Crippen LogP contribution in [0.2, 0.25) is 0 Å². The quantitative estimate of drug-likeness (QED) is 0.833. The van der Waals surface area contributed by atoms with Crippen LogP contribution in [-0.4, -0.2) is 46.7 Å². The van der Waals surface area contributed by atoms with E-state index in [4.69, 9.17) is 4.74 Å². The van der Waals surface area contributed by atoms with Gasteiger partial charge in [-0.1, -0.05) is 12.1 Å². The third-order valence-electron chi connectivity index (χ3n) is 4.50. The molecule has 1 aromatic carbocycles. The van der Waals surface area contributed by atoms with E-state index in [2.05, 4.69) is 39.7 Å². The molecule has 2 aromatic rings. The van der Waals surface area contributed by atoms with Crippen LogP contribution in [0.4, 0.5) is 22.1 Å². The highest BCUT2D eigenvalue weighted by Gasteiger charge is 2.23. The molecule has 0 atom stereocenters. The van der Waals surface area contributed by atoms with Crippen molar-refractivity contribution in [3.63, 3.8) is 0 Å². The van der Waals surface area contributed by atoms with Crippen molar-refractivity contribution in [1.82, 2.24) is 14.9 Å². The monoisotopic (exact) mass is 369 g/mol. The van der Waals surface area contributed by atoms with Crippen LogP contribution in [0.3, 0.4) is 0 Å². The first kappa shape index (κ1) is 18.9. The van der Waals surface area contributed by atoms with E-state index in [1.807, 2.05) is 32.0 Å². The summed E-state index contributed by atoms with van der Waals surface area (Å²) in [6.07, 6.45) is 1.50. The summed E-state index contributed by atoms with van der Waals surface area (Å²) < 4.78 is 5.07. The number of anilines is 3. The minimum Gasteiger partial charge on any atom is -0.450 e. The number of carbonyl (C=O) groups is 1. The number of ether oxygens (including phenoxy) is 1. The molecule has 0 bridgehead atoms. The fourth-order valence-electron chi connectivity index (χ4n) is 3.21. The topological polar surface area (TPSA) is 79.4 Å². The third-order valence-corrected chi connectivity index (χ3v) is 4.50. The average molecular weight is 369 g/mol. The summed E-state index contributed by atoms with van der Waals surface area (Å²) in [5.41, 5.74) is 2.19. The number of likely N-dealkylation sites (tertiary alicyclic amines) is 1. The Bertz CT molecular complexity index is 788. The molecule has 1 aliphatic rings. The molecule has 1 fully saturated rings. The molecule has 1 aromatic heterocycles. The highest BCUT2D eigenvalue weighted by molar-refractivity contribution is 5.67. The van der Waals surface area contributed by atoms with Gasteiger partial charge in [-0.3, -0.25) is 0 Å². The number of hydrogen-bond acceptors (Lipinski definition) is 6. The second-order valence-electron chi connectivity index (χ2n) is 6.78. The van der Waals surface area contributed by atoms with Crippen LogP contribution in [-0.2, 0) is 4.74 Å². The Hall–Kier alpha value is -2.83. The van der Waals surface area contributed by atoms with Crippen molar-refractivity contribution in [2.24, 2.45) is 0 Å². The largest absolute Gasteiger partial charge is 0.450 e. The van der Waals surface area contributed by atoms with Crippen molar-refractivity contribution in [2.75, 3.05) is 30.3 Å². The summed E-state index contributed by atoms with van der Waals surface area (Å²) in [7, 11) is 0. The molecule has 1 saturated heterocycles. The van der Waals surface area contributed by atoms with E-state index in [0.29, 0.717) is 25.5 Å². The summed E-state index contributed by atoms with van der Waals surface area (Å²) in [4.78, 5) is 22.5. The van der Waals surface area contributed by atoms with Gasteiger partial charge >= 0.3 is 6.09 Å². The van der Waals surface area contributed by atoms with Crippen molar-refractivity contribution < 1.29 is 9.53 Å². The number of aromatic nitrogens is 2. The first-order chi connectivity index (χ1) is 13.0. The number of rotatable bonds is 5. The molecule has 0 aliphatic carbocycles. The molecule has 0 unspecified atom stereocenters. The predicted octanol–water partition coefficient (Wildman–Crippen LogP) is 3.87. The molecule has 27 heavy (non-hydrogen) atoms. The fourth-order valence-corrected chi connectivity index (χ4v) is 3.21. The molecule has 144 valence electrons. The Balaban J connectivity index is 1.61. The van der Waals surface area contributed by atoms with Gasteiger partial charge in [0.1, 0.15) is 17.5 Å². The maximum Gasteiger partial charge on any atom is 0.409 e. The molecule has 0 saturated carbocycles. The van der Waals surface area contributed by atoms with E-state index in [1.165, 1.54) is 5.56 Å². The Morgan fingerprint density at radius 2 is 1.93 bits per heavy atom. The SMILES string of the molecule is CCOC(=O)N1CCC(Nc2cc(Nc3cccc(C)c3)nc(C)n2)CC1.